The summed E-state index contributed by atoms with van der Waals surface area (Å²) >= 11 is 1.68. The number of aliphatic imine (C=N–C) groups is 1. The summed E-state index contributed by atoms with van der Waals surface area (Å²) in [6.45, 7) is 11.4. The molecule has 0 aliphatic rings. The maximum Gasteiger partial charge on any atom is 0.191 e. The van der Waals surface area contributed by atoms with E-state index in [1.807, 2.05) is 25.1 Å². The van der Waals surface area contributed by atoms with Gasteiger partial charge in [0.25, 0.3) is 0 Å². The van der Waals surface area contributed by atoms with E-state index in [2.05, 4.69) is 44.7 Å². The van der Waals surface area contributed by atoms with E-state index in [9.17, 15) is 0 Å². The lowest BCUT2D eigenvalue weighted by molar-refractivity contribution is 0.217. The van der Waals surface area contributed by atoms with Crippen LogP contribution in [0.3, 0.4) is 0 Å². The third kappa shape index (κ3) is 7.84. The Hall–Kier alpha value is -2.32. The van der Waals surface area contributed by atoms with Gasteiger partial charge in [-0.15, -0.1) is 11.3 Å². The van der Waals surface area contributed by atoms with Gasteiger partial charge in [-0.3, -0.25) is 4.99 Å². The molecule has 0 atom stereocenters. The number of hydrogen-bond donors (Lipinski definition) is 2. The number of nitrogens with zero attached hydrogens (tertiary/aromatic N) is 3. The molecule has 0 aliphatic heterocycles. The first kappa shape index (κ1) is 24.0. The number of guanidine groups is 1. The number of hydrogen-bond acceptors (Lipinski definition) is 6. The minimum absolute atomic E-state index is 0.644. The molecule has 0 fully saturated rings. The number of likely N-dealkylation sites (N-methyl/N-ethyl adjacent to an activating group) is 1. The molecule has 2 N–H and O–H groups in total. The van der Waals surface area contributed by atoms with Gasteiger partial charge in [-0.25, -0.2) is 4.98 Å². The summed E-state index contributed by atoms with van der Waals surface area (Å²) in [7, 11) is 3.44. The summed E-state index contributed by atoms with van der Waals surface area (Å²) in [5.74, 6) is 2.28. The normalized spacial score (nSPS) is 11.6. The van der Waals surface area contributed by atoms with E-state index in [1.165, 1.54) is 0 Å². The van der Waals surface area contributed by atoms with Crippen LogP contribution in [-0.2, 0) is 13.0 Å². The van der Waals surface area contributed by atoms with Crippen molar-refractivity contribution in [2.75, 3.05) is 46.9 Å². The van der Waals surface area contributed by atoms with Crippen molar-refractivity contribution in [3.8, 4) is 11.5 Å². The highest BCUT2D eigenvalue weighted by Gasteiger charge is 2.08. The van der Waals surface area contributed by atoms with Gasteiger partial charge in [0.05, 0.1) is 17.8 Å². The van der Waals surface area contributed by atoms with Gasteiger partial charge >= 0.3 is 0 Å². The predicted octanol–water partition coefficient (Wildman–Crippen LogP) is 3.09. The third-order valence-electron chi connectivity index (χ3n) is 4.81. The van der Waals surface area contributed by atoms with Gasteiger partial charge in [-0.1, -0.05) is 19.9 Å². The maximum absolute atomic E-state index is 5.93. The zero-order chi connectivity index (χ0) is 21.8. The number of methoxy groups -OCH3 is 1. The van der Waals surface area contributed by atoms with E-state index in [0.717, 1.165) is 66.3 Å². The molecule has 8 heteroatoms. The van der Waals surface area contributed by atoms with Crippen molar-refractivity contribution in [3.05, 3.63) is 39.8 Å². The van der Waals surface area contributed by atoms with Crippen molar-refractivity contribution < 1.29 is 9.47 Å². The fourth-order valence-corrected chi connectivity index (χ4v) is 3.65. The predicted molar refractivity (Wildman–Crippen MR) is 125 cm³/mol. The van der Waals surface area contributed by atoms with E-state index >= 15 is 0 Å². The van der Waals surface area contributed by atoms with Crippen LogP contribution >= 0.6 is 11.3 Å². The van der Waals surface area contributed by atoms with Crippen LogP contribution in [0.5, 0.6) is 11.5 Å². The number of rotatable bonds is 12. The Labute approximate surface area is 184 Å². The van der Waals surface area contributed by atoms with Gasteiger partial charge in [0.15, 0.2) is 17.5 Å². The van der Waals surface area contributed by atoms with Gasteiger partial charge in [0.1, 0.15) is 6.61 Å². The number of benzene rings is 1. The van der Waals surface area contributed by atoms with Gasteiger partial charge in [-0.2, -0.15) is 0 Å². The van der Waals surface area contributed by atoms with Crippen molar-refractivity contribution >= 4 is 17.3 Å². The monoisotopic (exact) mass is 433 g/mol. The summed E-state index contributed by atoms with van der Waals surface area (Å²) in [4.78, 5) is 11.1. The smallest absolute Gasteiger partial charge is 0.191 e. The Bertz CT molecular complexity index is 790. The number of nitrogens with one attached hydrogen (secondary N) is 2. The standard InChI is InChI=1S/C22H35N5O2S/c1-6-27(7-2)12-13-29-20-9-8-18(14-21(20)28-5)15-25-22(23-4)24-11-10-19-16-30-17(3)26-19/h8-9,14,16H,6-7,10-13,15H2,1-5H3,(H2,23,24,25). The quantitative estimate of drug-likeness (QED) is 0.396. The SMILES string of the molecule is CCN(CC)CCOc1ccc(CNC(=NC)NCCc2csc(C)n2)cc1OC. The third-order valence-corrected chi connectivity index (χ3v) is 5.63. The van der Waals surface area contributed by atoms with E-state index in [0.29, 0.717) is 13.2 Å². The van der Waals surface area contributed by atoms with Crippen LogP contribution in [0.2, 0.25) is 0 Å². The molecule has 0 saturated heterocycles. The maximum atomic E-state index is 5.93. The van der Waals surface area contributed by atoms with Crippen LogP contribution in [0.25, 0.3) is 0 Å². The Morgan fingerprint density at radius 3 is 2.63 bits per heavy atom. The van der Waals surface area contributed by atoms with Crippen LogP contribution in [-0.4, -0.2) is 62.8 Å². The van der Waals surface area contributed by atoms with Gasteiger partial charge < -0.3 is 25.0 Å². The minimum Gasteiger partial charge on any atom is -0.493 e. The van der Waals surface area contributed by atoms with Crippen LogP contribution < -0.4 is 20.1 Å². The molecule has 2 rings (SSSR count). The van der Waals surface area contributed by atoms with Crippen LogP contribution in [0.1, 0.15) is 30.1 Å². The first-order chi connectivity index (χ1) is 14.6. The molecule has 166 valence electrons. The van der Waals surface area contributed by atoms with Gasteiger partial charge in [0, 0.05) is 38.5 Å². The summed E-state index contributed by atoms with van der Waals surface area (Å²) in [6, 6.07) is 6.03. The molecule has 0 radical (unpaired) electrons. The molecule has 1 heterocycles. The Balaban J connectivity index is 1.81. The zero-order valence-corrected chi connectivity index (χ0v) is 19.6. The molecular formula is C22H35N5O2S. The van der Waals surface area contributed by atoms with Gasteiger partial charge in [-0.05, 0) is 37.7 Å². The molecule has 1 aromatic heterocycles. The lowest BCUT2D eigenvalue weighted by atomic mass is 10.2. The summed E-state index contributed by atoms with van der Waals surface area (Å²) in [6.07, 6.45) is 0.873. The van der Waals surface area contributed by atoms with Crippen molar-refractivity contribution in [3.63, 3.8) is 0 Å². The molecule has 1 aromatic carbocycles. The summed E-state index contributed by atoms with van der Waals surface area (Å²) in [5.41, 5.74) is 2.21. The molecule has 2 aromatic rings. The lowest BCUT2D eigenvalue weighted by Gasteiger charge is -2.19. The molecule has 0 bridgehead atoms. The molecule has 0 aliphatic carbocycles. The Kier molecular flexibility index (Phi) is 10.4. The molecule has 30 heavy (non-hydrogen) atoms. The van der Waals surface area contributed by atoms with E-state index in [1.54, 1.807) is 25.5 Å². The highest BCUT2D eigenvalue weighted by molar-refractivity contribution is 7.09. The number of thiazole rings is 1. The van der Waals surface area contributed by atoms with E-state index in [-0.39, 0.29) is 0 Å². The summed E-state index contributed by atoms with van der Waals surface area (Å²) < 4.78 is 11.5. The minimum atomic E-state index is 0.644. The van der Waals surface area contributed by atoms with Crippen molar-refractivity contribution in [2.24, 2.45) is 4.99 Å². The fourth-order valence-electron chi connectivity index (χ4n) is 3.00. The fraction of sp³-hybridized carbons (Fsp3) is 0.545. The first-order valence-corrected chi connectivity index (χ1v) is 11.3. The topological polar surface area (TPSA) is 71.0 Å². The molecule has 0 unspecified atom stereocenters. The second-order valence-corrected chi connectivity index (χ2v) is 7.88. The Morgan fingerprint density at radius 2 is 2.00 bits per heavy atom. The van der Waals surface area contributed by atoms with Crippen LogP contribution in [0.15, 0.2) is 28.6 Å². The average Bonchev–Trinajstić information content (AvgIpc) is 3.19. The highest BCUT2D eigenvalue weighted by atomic mass is 32.1. The molecule has 0 saturated carbocycles. The second kappa shape index (κ2) is 13.1. The molecule has 0 amide bonds. The van der Waals surface area contributed by atoms with Crippen LogP contribution in [0.4, 0.5) is 0 Å². The summed E-state index contributed by atoms with van der Waals surface area (Å²) in [5, 5.41) is 9.87. The Morgan fingerprint density at radius 1 is 1.20 bits per heavy atom. The number of aromatic nitrogens is 1. The average molecular weight is 434 g/mol. The van der Waals surface area contributed by atoms with Gasteiger partial charge in [0.2, 0.25) is 0 Å². The molecular weight excluding hydrogens is 398 g/mol. The number of aryl methyl sites for hydroxylation is 1. The lowest BCUT2D eigenvalue weighted by Crippen LogP contribution is -2.37. The van der Waals surface area contributed by atoms with Crippen molar-refractivity contribution in [1.29, 1.82) is 0 Å². The van der Waals surface area contributed by atoms with E-state index < -0.39 is 0 Å². The number of ether oxygens (including phenoxy) is 2. The second-order valence-electron chi connectivity index (χ2n) is 6.82. The molecule has 7 nitrogen and oxygen atoms in total. The zero-order valence-electron chi connectivity index (χ0n) is 18.8. The van der Waals surface area contributed by atoms with E-state index in [4.69, 9.17) is 9.47 Å². The van der Waals surface area contributed by atoms with Crippen molar-refractivity contribution in [2.45, 2.75) is 33.7 Å². The first-order valence-electron chi connectivity index (χ1n) is 10.5. The molecule has 0 spiro atoms. The van der Waals surface area contributed by atoms with Crippen molar-refractivity contribution in [1.82, 2.24) is 20.5 Å². The highest BCUT2D eigenvalue weighted by Crippen LogP contribution is 2.28. The largest absolute Gasteiger partial charge is 0.493 e. The van der Waals surface area contributed by atoms with Crippen LogP contribution in [0, 0.1) is 6.92 Å².